The van der Waals surface area contributed by atoms with Crippen molar-refractivity contribution in [2.75, 3.05) is 30.0 Å². The molecule has 142 valence electrons. The number of thiophene rings is 1. The molecular formula is C19H20N2O3S3. The van der Waals surface area contributed by atoms with E-state index in [4.69, 9.17) is 0 Å². The van der Waals surface area contributed by atoms with Gasteiger partial charge in [0.15, 0.2) is 0 Å². The van der Waals surface area contributed by atoms with Crippen molar-refractivity contribution in [3.8, 4) is 10.4 Å². The Bertz CT molecular complexity index is 1030. The van der Waals surface area contributed by atoms with Crippen LogP contribution in [0, 0.1) is 0 Å². The Kier molecular flexibility index (Phi) is 5.81. The number of hydrogen-bond donors (Lipinski definition) is 1. The highest BCUT2D eigenvalue weighted by atomic mass is 32.2. The summed E-state index contributed by atoms with van der Waals surface area (Å²) in [7, 11) is 0.145. The molecule has 0 spiro atoms. The van der Waals surface area contributed by atoms with Crippen LogP contribution < -0.4 is 9.62 Å². The summed E-state index contributed by atoms with van der Waals surface area (Å²) in [5, 5.41) is 0. The average molecular weight is 421 g/mol. The molecule has 3 rings (SSSR count). The molecule has 0 amide bonds. The summed E-state index contributed by atoms with van der Waals surface area (Å²) >= 11 is 0.350. The van der Waals surface area contributed by atoms with Gasteiger partial charge in [-0.15, -0.1) is 0 Å². The van der Waals surface area contributed by atoms with E-state index >= 15 is 0 Å². The van der Waals surface area contributed by atoms with E-state index in [-0.39, 0.29) is 4.90 Å². The van der Waals surface area contributed by atoms with Crippen molar-refractivity contribution in [2.24, 2.45) is 0 Å². The van der Waals surface area contributed by atoms with E-state index in [1.54, 1.807) is 36.6 Å². The Morgan fingerprint density at radius 3 is 2.33 bits per heavy atom. The average Bonchev–Trinajstić information content (AvgIpc) is 3.12. The largest absolute Gasteiger partial charge is 0.611 e. The van der Waals surface area contributed by atoms with Gasteiger partial charge in [-0.25, -0.2) is 8.42 Å². The topological polar surface area (TPSA) is 72.5 Å². The molecule has 0 aliphatic rings. The van der Waals surface area contributed by atoms with E-state index in [0.717, 1.165) is 20.3 Å². The van der Waals surface area contributed by atoms with Crippen LogP contribution in [0.2, 0.25) is 0 Å². The third-order valence-electron chi connectivity index (χ3n) is 3.93. The maximum Gasteiger partial charge on any atom is 0.261 e. The first-order valence-corrected chi connectivity index (χ1v) is 12.0. The van der Waals surface area contributed by atoms with Crippen molar-refractivity contribution in [3.05, 3.63) is 60.7 Å². The van der Waals surface area contributed by atoms with Crippen LogP contribution in [-0.2, 0) is 21.2 Å². The van der Waals surface area contributed by atoms with Crippen molar-refractivity contribution < 1.29 is 13.0 Å². The zero-order valence-electron chi connectivity index (χ0n) is 15.2. The fourth-order valence-corrected chi connectivity index (χ4v) is 5.32. The lowest BCUT2D eigenvalue weighted by Crippen LogP contribution is -2.13. The van der Waals surface area contributed by atoms with Crippen LogP contribution in [0.15, 0.2) is 69.8 Å². The molecule has 5 nitrogen and oxygen atoms in total. The molecule has 1 N–H and O–H groups in total. The molecular weight excluding hydrogens is 400 g/mol. The maximum absolute atomic E-state index is 12.8. The Balaban J connectivity index is 1.86. The molecule has 2 aromatic carbocycles. The second kappa shape index (κ2) is 7.93. The summed E-state index contributed by atoms with van der Waals surface area (Å²) in [5.74, 6) is 0. The molecule has 8 heteroatoms. The van der Waals surface area contributed by atoms with E-state index in [2.05, 4.69) is 4.72 Å². The van der Waals surface area contributed by atoms with Gasteiger partial charge in [0.25, 0.3) is 10.0 Å². The van der Waals surface area contributed by atoms with Gasteiger partial charge in [-0.3, -0.25) is 4.72 Å². The second-order valence-corrected chi connectivity index (χ2v) is 10.5. The number of anilines is 2. The molecule has 27 heavy (non-hydrogen) atoms. The summed E-state index contributed by atoms with van der Waals surface area (Å²) in [6.07, 6.45) is 1.63. The molecule has 0 radical (unpaired) electrons. The lowest BCUT2D eigenvalue weighted by Gasteiger charge is -2.14. The first-order chi connectivity index (χ1) is 12.8. The zero-order chi connectivity index (χ0) is 19.6. The third-order valence-corrected chi connectivity index (χ3v) is 7.89. The standard InChI is InChI=1S/C19H20N2O3S3/c1-21(2)16-9-7-15(8-10-16)20-27(23,24)17-6-4-5-14(13-17)18-11-12-19(25-18)26(3)22/h4-13,20H,1-3H3. The maximum atomic E-state index is 12.8. The van der Waals surface area contributed by atoms with Gasteiger partial charge >= 0.3 is 0 Å². The van der Waals surface area contributed by atoms with Crippen LogP contribution in [0.4, 0.5) is 11.4 Å². The number of sulfonamides is 1. The minimum atomic E-state index is -3.71. The van der Waals surface area contributed by atoms with Crippen LogP contribution in [0.25, 0.3) is 10.4 Å². The van der Waals surface area contributed by atoms with Crippen LogP contribution in [0.1, 0.15) is 0 Å². The van der Waals surface area contributed by atoms with E-state index in [1.165, 1.54) is 11.3 Å². The molecule has 0 fully saturated rings. The lowest BCUT2D eigenvalue weighted by atomic mass is 10.2. The summed E-state index contributed by atoms with van der Waals surface area (Å²) in [5.41, 5.74) is 2.27. The molecule has 0 aliphatic carbocycles. The number of nitrogens with zero attached hydrogens (tertiary/aromatic N) is 1. The van der Waals surface area contributed by atoms with Gasteiger partial charge < -0.3 is 9.45 Å². The summed E-state index contributed by atoms with van der Waals surface area (Å²) in [6.45, 7) is 0. The van der Waals surface area contributed by atoms with Crippen LogP contribution in [0.5, 0.6) is 0 Å². The van der Waals surface area contributed by atoms with Crippen molar-refractivity contribution in [3.63, 3.8) is 0 Å². The predicted octanol–water partition coefficient (Wildman–Crippen LogP) is 4.02. The molecule has 1 heterocycles. The molecule has 3 aromatic rings. The van der Waals surface area contributed by atoms with Gasteiger partial charge in [-0.05, 0) is 59.2 Å². The highest BCUT2D eigenvalue weighted by molar-refractivity contribution is 7.93. The van der Waals surface area contributed by atoms with Gasteiger partial charge in [0.1, 0.15) is 6.26 Å². The molecule has 0 aliphatic heterocycles. The monoisotopic (exact) mass is 420 g/mol. The van der Waals surface area contributed by atoms with Gasteiger partial charge in [-0.2, -0.15) is 0 Å². The fourth-order valence-electron chi connectivity index (χ4n) is 2.49. The Morgan fingerprint density at radius 1 is 1.04 bits per heavy atom. The van der Waals surface area contributed by atoms with Crippen molar-refractivity contribution >= 4 is 43.9 Å². The van der Waals surface area contributed by atoms with Gasteiger partial charge in [-0.1, -0.05) is 23.5 Å². The highest BCUT2D eigenvalue weighted by Gasteiger charge is 2.16. The van der Waals surface area contributed by atoms with Gasteiger partial charge in [0.05, 0.1) is 4.90 Å². The van der Waals surface area contributed by atoms with Crippen LogP contribution >= 0.6 is 11.3 Å². The number of nitrogens with one attached hydrogen (secondary N) is 1. The van der Waals surface area contributed by atoms with Gasteiger partial charge in [0.2, 0.25) is 4.21 Å². The molecule has 1 unspecified atom stereocenters. The first-order valence-electron chi connectivity index (χ1n) is 8.10. The number of rotatable bonds is 6. The number of benzene rings is 2. The predicted molar refractivity (Wildman–Crippen MR) is 114 cm³/mol. The van der Waals surface area contributed by atoms with Crippen molar-refractivity contribution in [2.45, 2.75) is 9.10 Å². The second-order valence-electron chi connectivity index (χ2n) is 6.15. The lowest BCUT2D eigenvalue weighted by molar-refractivity contribution is 0.600. The Morgan fingerprint density at radius 2 is 1.74 bits per heavy atom. The Labute approximate surface area is 166 Å². The summed E-state index contributed by atoms with van der Waals surface area (Å²) in [4.78, 5) is 3.01. The van der Waals surface area contributed by atoms with Crippen molar-refractivity contribution in [1.82, 2.24) is 0 Å². The molecule has 0 saturated heterocycles. The number of hydrogen-bond acceptors (Lipinski definition) is 5. The fraction of sp³-hybridized carbons (Fsp3) is 0.158. The smallest absolute Gasteiger partial charge is 0.261 e. The SMILES string of the molecule is CN(C)c1ccc(NS(=O)(=O)c2cccc(-c3ccc([S+](C)[O-])s3)c2)cc1. The highest BCUT2D eigenvalue weighted by Crippen LogP contribution is 2.32. The molecule has 1 aromatic heterocycles. The van der Waals surface area contributed by atoms with E-state index in [1.807, 2.05) is 49.3 Å². The quantitative estimate of drug-likeness (QED) is 0.612. The zero-order valence-corrected chi connectivity index (χ0v) is 17.6. The summed E-state index contributed by atoms with van der Waals surface area (Å²) < 4.78 is 40.5. The molecule has 0 saturated carbocycles. The van der Waals surface area contributed by atoms with E-state index in [0.29, 0.717) is 5.69 Å². The third kappa shape index (κ3) is 4.65. The van der Waals surface area contributed by atoms with E-state index < -0.39 is 21.2 Å². The molecule has 0 bridgehead atoms. The van der Waals surface area contributed by atoms with Crippen molar-refractivity contribution in [1.29, 1.82) is 0 Å². The van der Waals surface area contributed by atoms with Crippen LogP contribution in [0.3, 0.4) is 0 Å². The first kappa shape index (κ1) is 19.8. The molecule has 1 atom stereocenters. The minimum absolute atomic E-state index is 0.184. The normalized spacial score (nSPS) is 12.6. The Hall–Kier alpha value is -2.00. The van der Waals surface area contributed by atoms with E-state index in [9.17, 15) is 13.0 Å². The van der Waals surface area contributed by atoms with Crippen LogP contribution in [-0.4, -0.2) is 33.3 Å². The summed E-state index contributed by atoms with van der Waals surface area (Å²) in [6, 6.07) is 17.6. The van der Waals surface area contributed by atoms with Gasteiger partial charge in [0, 0.05) is 36.4 Å². The minimum Gasteiger partial charge on any atom is -0.611 e.